The van der Waals surface area contributed by atoms with Gasteiger partial charge in [-0.15, -0.1) is 0 Å². The van der Waals surface area contributed by atoms with Crippen LogP contribution in [-0.2, 0) is 4.74 Å². The van der Waals surface area contributed by atoms with Gasteiger partial charge in [0.1, 0.15) is 0 Å². The first-order valence-electron chi connectivity index (χ1n) is 4.90. The molecule has 78 valence electrons. The molecule has 0 aromatic heterocycles. The van der Waals surface area contributed by atoms with Crippen LogP contribution in [0.1, 0.15) is 13.3 Å². The molecule has 14 heavy (non-hydrogen) atoms. The molecule has 0 spiro atoms. The zero-order valence-corrected chi connectivity index (χ0v) is 10.6. The lowest BCUT2D eigenvalue weighted by molar-refractivity contribution is 0.144. The van der Waals surface area contributed by atoms with Crippen molar-refractivity contribution < 1.29 is 4.74 Å². The van der Waals surface area contributed by atoms with Crippen LogP contribution in [-0.4, -0.2) is 19.8 Å². The average molecular weight is 305 g/mol. The molecule has 0 saturated carbocycles. The lowest BCUT2D eigenvalue weighted by Gasteiger charge is -2.06. The molecule has 1 aromatic carbocycles. The molecule has 0 aliphatic rings. The summed E-state index contributed by atoms with van der Waals surface area (Å²) in [7, 11) is 0. The van der Waals surface area contributed by atoms with Gasteiger partial charge in [-0.2, -0.15) is 0 Å². The number of benzene rings is 1. The van der Waals surface area contributed by atoms with Gasteiger partial charge < -0.3 is 10.1 Å². The van der Waals surface area contributed by atoms with Crippen molar-refractivity contribution in [1.29, 1.82) is 0 Å². The minimum Gasteiger partial charge on any atom is -0.383 e. The van der Waals surface area contributed by atoms with E-state index in [1.54, 1.807) is 0 Å². The van der Waals surface area contributed by atoms with Crippen molar-refractivity contribution in [2.75, 3.05) is 25.1 Å². The lowest BCUT2D eigenvalue weighted by atomic mass is 10.3. The topological polar surface area (TPSA) is 21.3 Å². The van der Waals surface area contributed by atoms with E-state index >= 15 is 0 Å². The van der Waals surface area contributed by atoms with Crippen LogP contribution < -0.4 is 5.32 Å². The normalized spacial score (nSPS) is 10.1. The largest absolute Gasteiger partial charge is 0.383 e. The summed E-state index contributed by atoms with van der Waals surface area (Å²) in [4.78, 5) is 0. The van der Waals surface area contributed by atoms with Gasteiger partial charge in [-0.05, 0) is 53.3 Å². The summed E-state index contributed by atoms with van der Waals surface area (Å²) in [5, 5.41) is 3.30. The summed E-state index contributed by atoms with van der Waals surface area (Å²) in [6.45, 7) is 4.63. The van der Waals surface area contributed by atoms with Gasteiger partial charge in [0, 0.05) is 22.4 Å². The van der Waals surface area contributed by atoms with Gasteiger partial charge in [0.05, 0.1) is 6.61 Å². The Morgan fingerprint density at radius 2 is 1.93 bits per heavy atom. The molecule has 3 heteroatoms. The maximum absolute atomic E-state index is 5.36. The number of anilines is 1. The molecule has 0 unspecified atom stereocenters. The van der Waals surface area contributed by atoms with Gasteiger partial charge in [0.25, 0.3) is 0 Å². The second-order valence-corrected chi connectivity index (χ2v) is 4.29. The van der Waals surface area contributed by atoms with Gasteiger partial charge in [0.15, 0.2) is 0 Å². The van der Waals surface area contributed by atoms with Crippen molar-refractivity contribution in [3.8, 4) is 0 Å². The fourth-order valence-corrected chi connectivity index (χ4v) is 1.44. The van der Waals surface area contributed by atoms with E-state index in [9.17, 15) is 0 Å². The SMILES string of the molecule is CCCOCCNc1ccc(I)cc1. The van der Waals surface area contributed by atoms with E-state index < -0.39 is 0 Å². The fourth-order valence-electron chi connectivity index (χ4n) is 1.08. The third-order valence-corrected chi connectivity index (χ3v) is 2.49. The van der Waals surface area contributed by atoms with Crippen molar-refractivity contribution in [3.63, 3.8) is 0 Å². The number of ether oxygens (including phenoxy) is 1. The zero-order chi connectivity index (χ0) is 10.2. The third kappa shape index (κ3) is 4.81. The third-order valence-electron chi connectivity index (χ3n) is 1.77. The summed E-state index contributed by atoms with van der Waals surface area (Å²) in [5.74, 6) is 0. The van der Waals surface area contributed by atoms with Crippen LogP contribution in [0, 0.1) is 3.57 Å². The minimum atomic E-state index is 0.778. The van der Waals surface area contributed by atoms with Crippen LogP contribution in [0.25, 0.3) is 0 Å². The Kier molecular flexibility index (Phi) is 5.94. The molecule has 0 radical (unpaired) electrons. The molecular formula is C11H16INO. The Hall–Kier alpha value is -0.290. The van der Waals surface area contributed by atoms with Crippen LogP contribution >= 0.6 is 22.6 Å². The molecule has 0 fully saturated rings. The fraction of sp³-hybridized carbons (Fsp3) is 0.455. The zero-order valence-electron chi connectivity index (χ0n) is 8.42. The van der Waals surface area contributed by atoms with E-state index in [0.717, 1.165) is 31.9 Å². The number of hydrogen-bond donors (Lipinski definition) is 1. The molecule has 0 amide bonds. The van der Waals surface area contributed by atoms with E-state index in [4.69, 9.17) is 4.74 Å². The first kappa shape index (κ1) is 11.8. The minimum absolute atomic E-state index is 0.778. The smallest absolute Gasteiger partial charge is 0.0639 e. The van der Waals surface area contributed by atoms with Crippen LogP contribution in [0.4, 0.5) is 5.69 Å². The summed E-state index contributed by atoms with van der Waals surface area (Å²) in [6.07, 6.45) is 1.09. The maximum atomic E-state index is 5.36. The molecular weight excluding hydrogens is 289 g/mol. The van der Waals surface area contributed by atoms with Crippen molar-refractivity contribution in [3.05, 3.63) is 27.8 Å². The van der Waals surface area contributed by atoms with Gasteiger partial charge >= 0.3 is 0 Å². The highest BCUT2D eigenvalue weighted by Gasteiger charge is 1.91. The van der Waals surface area contributed by atoms with E-state index in [1.165, 1.54) is 3.57 Å². The number of rotatable bonds is 6. The molecule has 0 atom stereocenters. The summed E-state index contributed by atoms with van der Waals surface area (Å²) < 4.78 is 6.62. The lowest BCUT2D eigenvalue weighted by Crippen LogP contribution is -2.09. The van der Waals surface area contributed by atoms with E-state index in [1.807, 2.05) is 0 Å². The van der Waals surface area contributed by atoms with Gasteiger partial charge in [-0.25, -0.2) is 0 Å². The predicted octanol–water partition coefficient (Wildman–Crippen LogP) is 3.13. The average Bonchev–Trinajstić information content (AvgIpc) is 2.21. The van der Waals surface area contributed by atoms with Crippen molar-refractivity contribution >= 4 is 28.3 Å². The maximum Gasteiger partial charge on any atom is 0.0639 e. The Labute approximate surface area is 99.2 Å². The van der Waals surface area contributed by atoms with Crippen molar-refractivity contribution in [1.82, 2.24) is 0 Å². The van der Waals surface area contributed by atoms with E-state index in [2.05, 4.69) is 59.1 Å². The Morgan fingerprint density at radius 1 is 1.21 bits per heavy atom. The first-order chi connectivity index (χ1) is 6.83. The van der Waals surface area contributed by atoms with Crippen molar-refractivity contribution in [2.24, 2.45) is 0 Å². The quantitative estimate of drug-likeness (QED) is 0.644. The Bertz CT molecular complexity index is 248. The van der Waals surface area contributed by atoms with Gasteiger partial charge in [-0.3, -0.25) is 0 Å². The highest BCUT2D eigenvalue weighted by molar-refractivity contribution is 14.1. The van der Waals surface area contributed by atoms with Gasteiger partial charge in [-0.1, -0.05) is 6.92 Å². The highest BCUT2D eigenvalue weighted by Crippen LogP contribution is 2.10. The van der Waals surface area contributed by atoms with Crippen molar-refractivity contribution in [2.45, 2.75) is 13.3 Å². The number of hydrogen-bond acceptors (Lipinski definition) is 2. The van der Waals surface area contributed by atoms with Crippen LogP contribution in [0.2, 0.25) is 0 Å². The standard InChI is InChI=1S/C11H16INO/c1-2-8-14-9-7-13-11-5-3-10(12)4-6-11/h3-6,13H,2,7-9H2,1H3. The number of nitrogens with one attached hydrogen (secondary N) is 1. The molecule has 0 heterocycles. The Balaban J connectivity index is 2.15. The Morgan fingerprint density at radius 3 is 2.57 bits per heavy atom. The summed E-state index contributed by atoms with van der Waals surface area (Å²) in [6, 6.07) is 8.36. The first-order valence-corrected chi connectivity index (χ1v) is 5.98. The van der Waals surface area contributed by atoms with E-state index in [-0.39, 0.29) is 0 Å². The van der Waals surface area contributed by atoms with Crippen LogP contribution in [0.5, 0.6) is 0 Å². The summed E-state index contributed by atoms with van der Waals surface area (Å²) >= 11 is 2.30. The number of halogens is 1. The molecule has 1 N–H and O–H groups in total. The van der Waals surface area contributed by atoms with Crippen LogP contribution in [0.15, 0.2) is 24.3 Å². The molecule has 2 nitrogen and oxygen atoms in total. The second-order valence-electron chi connectivity index (χ2n) is 3.05. The van der Waals surface area contributed by atoms with Gasteiger partial charge in [0.2, 0.25) is 0 Å². The second kappa shape index (κ2) is 7.06. The molecule has 0 aliphatic carbocycles. The predicted molar refractivity (Wildman–Crippen MR) is 68.8 cm³/mol. The molecule has 1 rings (SSSR count). The monoisotopic (exact) mass is 305 g/mol. The highest BCUT2D eigenvalue weighted by atomic mass is 127. The molecule has 0 bridgehead atoms. The van der Waals surface area contributed by atoms with Crippen LogP contribution in [0.3, 0.4) is 0 Å². The molecule has 0 saturated heterocycles. The van der Waals surface area contributed by atoms with E-state index in [0.29, 0.717) is 0 Å². The summed E-state index contributed by atoms with van der Waals surface area (Å²) in [5.41, 5.74) is 1.16. The molecule has 0 aliphatic heterocycles. The molecule has 1 aromatic rings.